The summed E-state index contributed by atoms with van der Waals surface area (Å²) in [4.78, 5) is 11.3. The van der Waals surface area contributed by atoms with Crippen molar-refractivity contribution in [1.29, 1.82) is 0 Å². The van der Waals surface area contributed by atoms with Crippen molar-refractivity contribution in [3.63, 3.8) is 0 Å². The van der Waals surface area contributed by atoms with E-state index in [1.807, 2.05) is 14.0 Å². The molecule has 0 spiro atoms. The van der Waals surface area contributed by atoms with E-state index < -0.39 is 10.0 Å². The van der Waals surface area contributed by atoms with Crippen LogP contribution in [-0.4, -0.2) is 79.6 Å². The second-order valence-corrected chi connectivity index (χ2v) is 10.7. The predicted molar refractivity (Wildman–Crippen MR) is 133 cm³/mol. The van der Waals surface area contributed by atoms with Crippen molar-refractivity contribution in [2.24, 2.45) is 0 Å². The zero-order valence-electron chi connectivity index (χ0n) is 18.6. The van der Waals surface area contributed by atoms with Gasteiger partial charge in [-0.05, 0) is 54.8 Å². The van der Waals surface area contributed by atoms with Crippen molar-refractivity contribution < 1.29 is 23.0 Å². The van der Waals surface area contributed by atoms with E-state index in [1.165, 1.54) is 23.7 Å². The quantitative estimate of drug-likeness (QED) is 0.442. The summed E-state index contributed by atoms with van der Waals surface area (Å²) in [5.41, 5.74) is 0.972. The molecule has 0 atom stereocenters. The topological polar surface area (TPSA) is 105 Å². The number of benzene rings is 2. The fraction of sp³-hybridized carbons (Fsp3) is 0.364. The molecule has 176 valence electrons. The summed E-state index contributed by atoms with van der Waals surface area (Å²) >= 11 is 2.10. The number of phenols is 1. The summed E-state index contributed by atoms with van der Waals surface area (Å²) in [5, 5.41) is 10.8. The van der Waals surface area contributed by atoms with Gasteiger partial charge < -0.3 is 19.5 Å². The van der Waals surface area contributed by atoms with Crippen LogP contribution in [0.15, 0.2) is 35.4 Å². The molecule has 33 heavy (non-hydrogen) atoms. The third-order valence-electron chi connectivity index (χ3n) is 5.57. The molecule has 2 aromatic carbocycles. The van der Waals surface area contributed by atoms with E-state index in [2.05, 4.69) is 37.5 Å². The first-order chi connectivity index (χ1) is 15.8. The maximum absolute atomic E-state index is 13.3. The van der Waals surface area contributed by atoms with Crippen molar-refractivity contribution in [1.82, 2.24) is 19.2 Å². The Bertz CT molecular complexity index is 1290. The summed E-state index contributed by atoms with van der Waals surface area (Å²) in [6.07, 6.45) is 1.52. The zero-order chi connectivity index (χ0) is 23.8. The molecule has 0 saturated carbocycles. The minimum absolute atomic E-state index is 0.00485. The van der Waals surface area contributed by atoms with Crippen LogP contribution in [0.1, 0.15) is 6.92 Å². The Morgan fingerprint density at radius 1 is 1.15 bits per heavy atom. The van der Waals surface area contributed by atoms with Crippen LogP contribution in [0.3, 0.4) is 0 Å². The molecule has 1 N–H and O–H groups in total. The Balaban J connectivity index is 1.84. The summed E-state index contributed by atoms with van der Waals surface area (Å²) < 4.78 is 39.9. The number of hydrogen-bond acceptors (Lipinski definition) is 8. The van der Waals surface area contributed by atoms with Gasteiger partial charge in [0.1, 0.15) is 17.2 Å². The van der Waals surface area contributed by atoms with Crippen LogP contribution in [0.4, 0.5) is 0 Å². The van der Waals surface area contributed by atoms with Crippen LogP contribution in [0.25, 0.3) is 22.3 Å². The molecule has 1 aromatic heterocycles. The normalized spacial score (nSPS) is 15.6. The molecular weight excluding hydrogens is 559 g/mol. The monoisotopic (exact) mass is 584 g/mol. The van der Waals surface area contributed by atoms with Crippen molar-refractivity contribution in [2.75, 3.05) is 46.9 Å². The summed E-state index contributed by atoms with van der Waals surface area (Å²) in [6.45, 7) is 4.49. The van der Waals surface area contributed by atoms with Crippen LogP contribution < -0.4 is 9.47 Å². The van der Waals surface area contributed by atoms with Crippen LogP contribution >= 0.6 is 22.6 Å². The third kappa shape index (κ3) is 4.59. The Labute approximate surface area is 206 Å². The molecule has 0 radical (unpaired) electrons. The fourth-order valence-corrected chi connectivity index (χ4v) is 5.94. The largest absolute Gasteiger partial charge is 0.507 e. The minimum Gasteiger partial charge on any atom is -0.507 e. The molecule has 0 unspecified atom stereocenters. The molecule has 2 heterocycles. The number of aromatic nitrogens is 2. The first-order valence-electron chi connectivity index (χ1n) is 10.4. The number of ether oxygens (including phenoxy) is 2. The maximum Gasteiger partial charge on any atom is 0.243 e. The number of rotatable bonds is 6. The van der Waals surface area contributed by atoms with E-state index in [1.54, 1.807) is 18.2 Å². The first kappa shape index (κ1) is 23.9. The van der Waals surface area contributed by atoms with Crippen molar-refractivity contribution in [2.45, 2.75) is 11.8 Å². The number of phenolic OH excluding ortho intramolecular Hbond substituents is 1. The second-order valence-electron chi connectivity index (χ2n) is 7.67. The Morgan fingerprint density at radius 3 is 2.55 bits per heavy atom. The van der Waals surface area contributed by atoms with E-state index >= 15 is 0 Å². The van der Waals surface area contributed by atoms with Gasteiger partial charge in [-0.15, -0.1) is 0 Å². The Hall–Kier alpha value is -2.22. The Kier molecular flexibility index (Phi) is 6.93. The number of piperazine rings is 1. The molecule has 9 nitrogen and oxygen atoms in total. The number of sulfonamides is 1. The molecule has 0 aliphatic carbocycles. The van der Waals surface area contributed by atoms with Gasteiger partial charge in [-0.3, -0.25) is 0 Å². The fourth-order valence-electron chi connectivity index (χ4n) is 3.70. The lowest BCUT2D eigenvalue weighted by molar-refractivity contribution is 0.222. The highest BCUT2D eigenvalue weighted by atomic mass is 127. The number of methoxy groups -OCH3 is 1. The van der Waals surface area contributed by atoms with Gasteiger partial charge in [0.05, 0.1) is 38.6 Å². The van der Waals surface area contributed by atoms with Crippen molar-refractivity contribution >= 4 is 43.5 Å². The van der Waals surface area contributed by atoms with Gasteiger partial charge in [-0.25, -0.2) is 18.4 Å². The van der Waals surface area contributed by atoms with Gasteiger partial charge in [0, 0.05) is 38.4 Å². The molecule has 0 amide bonds. The SMILES string of the molecule is CCOc1ccc(S(=O)(=O)N2CCN(C)CC2)cc1-c1ncc2c(O)cc(OC)c(I)c2n1. The predicted octanol–water partition coefficient (Wildman–Crippen LogP) is 2.95. The molecule has 1 aliphatic rings. The molecule has 0 bridgehead atoms. The van der Waals surface area contributed by atoms with Crippen LogP contribution in [0.2, 0.25) is 0 Å². The highest BCUT2D eigenvalue weighted by Gasteiger charge is 2.28. The number of nitrogens with zero attached hydrogens (tertiary/aromatic N) is 4. The average molecular weight is 584 g/mol. The van der Waals surface area contributed by atoms with E-state index in [0.29, 0.717) is 70.1 Å². The average Bonchev–Trinajstić information content (AvgIpc) is 2.81. The minimum atomic E-state index is -3.68. The third-order valence-corrected chi connectivity index (χ3v) is 8.51. The zero-order valence-corrected chi connectivity index (χ0v) is 21.6. The first-order valence-corrected chi connectivity index (χ1v) is 13.0. The number of likely N-dealkylation sites (N-methyl/N-ethyl adjacent to an activating group) is 1. The van der Waals surface area contributed by atoms with Crippen molar-refractivity contribution in [3.05, 3.63) is 34.0 Å². The lowest BCUT2D eigenvalue weighted by atomic mass is 10.1. The van der Waals surface area contributed by atoms with E-state index in [-0.39, 0.29) is 10.6 Å². The highest BCUT2D eigenvalue weighted by Crippen LogP contribution is 2.37. The molecular formula is C22H25IN4O5S. The molecule has 1 aliphatic heterocycles. The van der Waals surface area contributed by atoms with E-state index in [4.69, 9.17) is 9.47 Å². The summed E-state index contributed by atoms with van der Waals surface area (Å²) in [5.74, 6) is 1.27. The van der Waals surface area contributed by atoms with Crippen LogP contribution in [0.5, 0.6) is 17.2 Å². The van der Waals surface area contributed by atoms with Gasteiger partial charge in [0.25, 0.3) is 0 Å². The maximum atomic E-state index is 13.3. The molecule has 1 fully saturated rings. The Morgan fingerprint density at radius 2 is 1.88 bits per heavy atom. The standard InChI is InChI=1S/C22H25IN4O5S/c1-4-32-18-6-5-14(33(29,30)27-9-7-26(2)8-10-27)11-15(18)22-24-13-16-17(28)12-19(31-3)20(23)21(16)25-22/h5-6,11-13,28H,4,7-10H2,1-3H3. The summed E-state index contributed by atoms with van der Waals surface area (Å²) in [6, 6.07) is 6.28. The highest BCUT2D eigenvalue weighted by molar-refractivity contribution is 14.1. The molecule has 11 heteroatoms. The lowest BCUT2D eigenvalue weighted by Crippen LogP contribution is -2.47. The number of hydrogen-bond donors (Lipinski definition) is 1. The van der Waals surface area contributed by atoms with Gasteiger partial charge in [0.15, 0.2) is 5.82 Å². The molecule has 1 saturated heterocycles. The lowest BCUT2D eigenvalue weighted by Gasteiger charge is -2.31. The second kappa shape index (κ2) is 9.57. The molecule has 3 aromatic rings. The van der Waals surface area contributed by atoms with Gasteiger partial charge >= 0.3 is 0 Å². The number of aromatic hydroxyl groups is 1. The van der Waals surface area contributed by atoms with E-state index in [0.717, 1.165) is 0 Å². The smallest absolute Gasteiger partial charge is 0.243 e. The van der Waals surface area contributed by atoms with Gasteiger partial charge in [0.2, 0.25) is 10.0 Å². The van der Waals surface area contributed by atoms with Gasteiger partial charge in [-0.1, -0.05) is 0 Å². The molecule has 4 rings (SSSR count). The van der Waals surface area contributed by atoms with Crippen molar-refractivity contribution in [3.8, 4) is 28.6 Å². The van der Waals surface area contributed by atoms with Crippen LogP contribution in [-0.2, 0) is 10.0 Å². The van der Waals surface area contributed by atoms with Gasteiger partial charge in [-0.2, -0.15) is 4.31 Å². The number of fused-ring (bicyclic) bond motifs is 1. The number of halogens is 1. The van der Waals surface area contributed by atoms with Crippen LogP contribution in [0, 0.1) is 3.57 Å². The van der Waals surface area contributed by atoms with E-state index in [9.17, 15) is 13.5 Å². The summed E-state index contributed by atoms with van der Waals surface area (Å²) in [7, 11) is -0.187.